The van der Waals surface area contributed by atoms with Crippen LogP contribution in [0.1, 0.15) is 0 Å². The quantitative estimate of drug-likeness (QED) is 0.530. The van der Waals surface area contributed by atoms with E-state index >= 15 is 0 Å². The first-order chi connectivity index (χ1) is 5.20. The van der Waals surface area contributed by atoms with Crippen molar-refractivity contribution >= 4 is 0 Å². The number of ether oxygens (including phenoxy) is 3. The summed E-state index contributed by atoms with van der Waals surface area (Å²) in [7, 11) is 2.78. The molecular formula is C6H12O5. The van der Waals surface area contributed by atoms with Gasteiger partial charge in [0.15, 0.2) is 12.6 Å². The van der Waals surface area contributed by atoms with Crippen LogP contribution in [0.15, 0.2) is 0 Å². The van der Waals surface area contributed by atoms with E-state index < -0.39 is 24.8 Å². The van der Waals surface area contributed by atoms with Crippen molar-refractivity contribution in [1.29, 1.82) is 0 Å². The Morgan fingerprint density at radius 1 is 1.00 bits per heavy atom. The van der Waals surface area contributed by atoms with E-state index in [-0.39, 0.29) is 0 Å². The second-order valence-corrected chi connectivity index (χ2v) is 2.33. The van der Waals surface area contributed by atoms with Crippen molar-refractivity contribution in [3.8, 4) is 0 Å². The molecule has 5 nitrogen and oxygen atoms in total. The minimum atomic E-state index is -1.04. The summed E-state index contributed by atoms with van der Waals surface area (Å²) in [5.74, 6) is 0. The van der Waals surface area contributed by atoms with Gasteiger partial charge in [-0.15, -0.1) is 0 Å². The molecular weight excluding hydrogens is 152 g/mol. The summed E-state index contributed by atoms with van der Waals surface area (Å²) in [5.41, 5.74) is 0. The molecule has 0 radical (unpaired) electrons. The van der Waals surface area contributed by atoms with Crippen LogP contribution in [0, 0.1) is 0 Å². The van der Waals surface area contributed by atoms with Gasteiger partial charge in [0.25, 0.3) is 0 Å². The van der Waals surface area contributed by atoms with Gasteiger partial charge in [0.2, 0.25) is 0 Å². The lowest BCUT2D eigenvalue weighted by molar-refractivity contribution is -0.205. The third-order valence-electron chi connectivity index (χ3n) is 1.64. The molecule has 66 valence electrons. The lowest BCUT2D eigenvalue weighted by Crippen LogP contribution is -2.33. The molecule has 1 heterocycles. The Labute approximate surface area is 64.5 Å². The molecule has 0 spiro atoms. The number of hydrogen-bond donors (Lipinski definition) is 2. The van der Waals surface area contributed by atoms with Gasteiger partial charge in [-0.1, -0.05) is 0 Å². The second kappa shape index (κ2) is 3.46. The molecule has 0 bridgehead atoms. The van der Waals surface area contributed by atoms with Gasteiger partial charge in [-0.2, -0.15) is 0 Å². The monoisotopic (exact) mass is 164 g/mol. The Kier molecular flexibility index (Phi) is 2.80. The Morgan fingerprint density at radius 3 is 1.55 bits per heavy atom. The summed E-state index contributed by atoms with van der Waals surface area (Å²) in [6, 6.07) is 0. The van der Waals surface area contributed by atoms with Gasteiger partial charge < -0.3 is 24.4 Å². The van der Waals surface area contributed by atoms with Crippen molar-refractivity contribution in [2.75, 3.05) is 14.2 Å². The molecule has 1 aliphatic rings. The van der Waals surface area contributed by atoms with Crippen molar-refractivity contribution in [2.24, 2.45) is 0 Å². The first kappa shape index (κ1) is 8.89. The highest BCUT2D eigenvalue weighted by atomic mass is 16.8. The van der Waals surface area contributed by atoms with Crippen molar-refractivity contribution in [3.05, 3.63) is 0 Å². The van der Waals surface area contributed by atoms with E-state index in [1.807, 2.05) is 0 Å². The van der Waals surface area contributed by atoms with Crippen LogP contribution in [0.2, 0.25) is 0 Å². The average Bonchev–Trinajstić information content (AvgIpc) is 2.30. The van der Waals surface area contributed by atoms with E-state index in [0.29, 0.717) is 0 Å². The van der Waals surface area contributed by atoms with Gasteiger partial charge in [-0.05, 0) is 0 Å². The highest BCUT2D eigenvalue weighted by Crippen LogP contribution is 2.21. The minimum Gasteiger partial charge on any atom is -0.385 e. The molecule has 0 aromatic carbocycles. The SMILES string of the molecule is CO[C@H]1O[C@H](OC)[C@H](O)[C@@H]1O. The zero-order valence-electron chi connectivity index (χ0n) is 6.43. The maximum atomic E-state index is 9.18. The van der Waals surface area contributed by atoms with Crippen LogP contribution >= 0.6 is 0 Å². The summed E-state index contributed by atoms with van der Waals surface area (Å²) in [5, 5.41) is 18.4. The third kappa shape index (κ3) is 1.52. The molecule has 1 rings (SSSR count). The van der Waals surface area contributed by atoms with Crippen molar-refractivity contribution < 1.29 is 24.4 Å². The zero-order valence-corrected chi connectivity index (χ0v) is 6.43. The molecule has 1 fully saturated rings. The fourth-order valence-corrected chi connectivity index (χ4v) is 1.01. The van der Waals surface area contributed by atoms with Gasteiger partial charge >= 0.3 is 0 Å². The van der Waals surface area contributed by atoms with Gasteiger partial charge in [-0.3, -0.25) is 0 Å². The number of aliphatic hydroxyl groups is 2. The third-order valence-corrected chi connectivity index (χ3v) is 1.64. The van der Waals surface area contributed by atoms with Crippen LogP contribution in [0.3, 0.4) is 0 Å². The van der Waals surface area contributed by atoms with E-state index in [0.717, 1.165) is 0 Å². The molecule has 5 heteroatoms. The summed E-state index contributed by atoms with van der Waals surface area (Å²) in [6.45, 7) is 0. The first-order valence-corrected chi connectivity index (χ1v) is 3.28. The van der Waals surface area contributed by atoms with Crippen LogP contribution in [0.5, 0.6) is 0 Å². The Morgan fingerprint density at radius 2 is 1.36 bits per heavy atom. The van der Waals surface area contributed by atoms with E-state index in [1.54, 1.807) is 0 Å². The smallest absolute Gasteiger partial charge is 0.189 e. The normalized spacial score (nSPS) is 44.7. The maximum Gasteiger partial charge on any atom is 0.189 e. The number of methoxy groups -OCH3 is 2. The summed E-state index contributed by atoms with van der Waals surface area (Å²) < 4.78 is 14.4. The summed E-state index contributed by atoms with van der Waals surface area (Å²) in [4.78, 5) is 0. The number of hydrogen-bond acceptors (Lipinski definition) is 5. The van der Waals surface area contributed by atoms with Crippen LogP contribution in [0.4, 0.5) is 0 Å². The Balaban J connectivity index is 2.53. The Bertz CT molecular complexity index is 110. The van der Waals surface area contributed by atoms with E-state index in [4.69, 9.17) is 14.2 Å². The maximum absolute atomic E-state index is 9.18. The molecule has 2 N–H and O–H groups in total. The highest BCUT2D eigenvalue weighted by molar-refractivity contribution is 4.81. The van der Waals surface area contributed by atoms with Crippen LogP contribution in [-0.2, 0) is 14.2 Å². The minimum absolute atomic E-state index is 0.796. The fraction of sp³-hybridized carbons (Fsp3) is 1.00. The molecule has 0 aromatic rings. The molecule has 4 atom stereocenters. The molecule has 0 aliphatic carbocycles. The van der Waals surface area contributed by atoms with Gasteiger partial charge in [0, 0.05) is 14.2 Å². The summed E-state index contributed by atoms with van der Waals surface area (Å²) >= 11 is 0. The molecule has 0 aromatic heterocycles. The summed E-state index contributed by atoms with van der Waals surface area (Å²) in [6.07, 6.45) is -3.67. The molecule has 1 aliphatic heterocycles. The standard InChI is InChI=1S/C6H12O5/c1-9-5-3(7)4(8)6(10-2)11-5/h3-8H,1-2H3/t3-,4+,5-,6-/m0/s1. The van der Waals surface area contributed by atoms with Crippen molar-refractivity contribution in [2.45, 2.75) is 24.8 Å². The van der Waals surface area contributed by atoms with Crippen LogP contribution in [-0.4, -0.2) is 49.2 Å². The number of rotatable bonds is 2. The molecule has 0 amide bonds. The number of aliphatic hydroxyl groups excluding tert-OH is 2. The Hall–Kier alpha value is -0.200. The van der Waals surface area contributed by atoms with Gasteiger partial charge in [0.1, 0.15) is 12.2 Å². The molecule has 1 saturated heterocycles. The van der Waals surface area contributed by atoms with Gasteiger partial charge in [-0.25, -0.2) is 0 Å². The van der Waals surface area contributed by atoms with E-state index in [2.05, 4.69) is 0 Å². The fourth-order valence-electron chi connectivity index (χ4n) is 1.01. The molecule has 11 heavy (non-hydrogen) atoms. The van der Waals surface area contributed by atoms with Crippen LogP contribution in [0.25, 0.3) is 0 Å². The highest BCUT2D eigenvalue weighted by Gasteiger charge is 2.43. The largest absolute Gasteiger partial charge is 0.385 e. The van der Waals surface area contributed by atoms with Crippen molar-refractivity contribution in [3.63, 3.8) is 0 Å². The average molecular weight is 164 g/mol. The lowest BCUT2D eigenvalue weighted by atomic mass is 10.2. The van der Waals surface area contributed by atoms with Crippen LogP contribution < -0.4 is 0 Å². The predicted octanol–water partition coefficient (Wildman–Crippen LogP) is -1.32. The van der Waals surface area contributed by atoms with E-state index in [9.17, 15) is 10.2 Å². The predicted molar refractivity (Wildman–Crippen MR) is 34.7 cm³/mol. The van der Waals surface area contributed by atoms with Gasteiger partial charge in [0.05, 0.1) is 0 Å². The van der Waals surface area contributed by atoms with Crippen molar-refractivity contribution in [1.82, 2.24) is 0 Å². The topological polar surface area (TPSA) is 68.2 Å². The lowest BCUT2D eigenvalue weighted by Gasteiger charge is -2.10. The first-order valence-electron chi connectivity index (χ1n) is 3.28. The molecule has 0 unspecified atom stereocenters. The zero-order chi connectivity index (χ0) is 8.43. The molecule has 0 saturated carbocycles. The second-order valence-electron chi connectivity index (χ2n) is 2.33. The van der Waals surface area contributed by atoms with E-state index in [1.165, 1.54) is 14.2 Å².